The van der Waals surface area contributed by atoms with Crippen molar-refractivity contribution in [1.82, 2.24) is 15.2 Å². The molecule has 1 saturated heterocycles. The first kappa shape index (κ1) is 32.5. The van der Waals surface area contributed by atoms with E-state index < -0.39 is 52.2 Å². The Bertz CT molecular complexity index is 1840. The number of β-lactam (4-membered cyclic amide) rings is 1. The predicted octanol–water partition coefficient (Wildman–Crippen LogP) is 1.77. The Kier molecular flexibility index (Phi) is 8.83. The molecule has 0 saturated carbocycles. The number of carbonyl (C=O) groups is 4. The molecule has 2 atom stereocenters. The minimum absolute atomic E-state index is 0.00224. The van der Waals surface area contributed by atoms with Crippen molar-refractivity contribution in [1.29, 1.82) is 0 Å². The number of thioether (sulfide) groups is 1. The third kappa shape index (κ3) is 6.16. The van der Waals surface area contributed by atoms with Crippen molar-refractivity contribution >= 4 is 69.3 Å². The lowest BCUT2D eigenvalue weighted by atomic mass is 10.0. The molecule has 15 nitrogen and oxygen atoms in total. The number of benzene rings is 1. The van der Waals surface area contributed by atoms with E-state index >= 15 is 0 Å². The van der Waals surface area contributed by atoms with Gasteiger partial charge in [0.1, 0.15) is 22.8 Å². The molecule has 5 rings (SSSR count). The largest absolute Gasteiger partial charge is 0.504 e. The third-order valence-corrected chi connectivity index (χ3v) is 9.43. The molecule has 2 amide bonds. The van der Waals surface area contributed by atoms with Gasteiger partial charge < -0.3 is 36.3 Å². The van der Waals surface area contributed by atoms with Crippen LogP contribution in [0.2, 0.25) is 5.02 Å². The Morgan fingerprint density at radius 3 is 2.65 bits per heavy atom. The minimum atomic E-state index is -1.79. The lowest BCUT2D eigenvalue weighted by molar-refractivity contribution is -0.688. The number of carboxylic acids is 2. The zero-order chi connectivity index (χ0) is 33.5. The van der Waals surface area contributed by atoms with Crippen molar-refractivity contribution in [3.63, 3.8) is 0 Å². The first-order valence-electron chi connectivity index (χ1n) is 13.3. The van der Waals surface area contributed by atoms with E-state index in [1.807, 2.05) is 0 Å². The average molecular weight is 690 g/mol. The number of nitrogen functional groups attached to an aromatic ring is 1. The highest BCUT2D eigenvalue weighted by Gasteiger charge is 2.55. The minimum Gasteiger partial charge on any atom is -0.504 e. The van der Waals surface area contributed by atoms with E-state index in [1.54, 1.807) is 29.1 Å². The van der Waals surface area contributed by atoms with Gasteiger partial charge in [0.2, 0.25) is 5.60 Å². The number of aromatic hydroxyl groups is 2. The van der Waals surface area contributed by atoms with Crippen LogP contribution in [-0.2, 0) is 30.6 Å². The molecule has 2 aliphatic heterocycles. The van der Waals surface area contributed by atoms with Gasteiger partial charge in [0.15, 0.2) is 41.3 Å². The quantitative estimate of drug-likeness (QED) is 0.0588. The second kappa shape index (κ2) is 12.5. The van der Waals surface area contributed by atoms with E-state index in [4.69, 9.17) is 22.2 Å². The number of thiazole rings is 1. The van der Waals surface area contributed by atoms with Crippen molar-refractivity contribution in [3.8, 4) is 22.6 Å². The van der Waals surface area contributed by atoms with Gasteiger partial charge in [-0.15, -0.1) is 23.1 Å². The monoisotopic (exact) mass is 689 g/mol. The maximum absolute atomic E-state index is 13.3. The second-order valence-electron chi connectivity index (χ2n) is 10.6. The highest BCUT2D eigenvalue weighted by atomic mass is 35.5. The maximum Gasteiger partial charge on any atom is 0.352 e. The fourth-order valence-electron chi connectivity index (χ4n) is 4.59. The molecule has 7 N–H and O–H groups in total. The van der Waals surface area contributed by atoms with Gasteiger partial charge in [0.25, 0.3) is 11.8 Å². The Labute approximate surface area is 273 Å². The molecule has 240 valence electrons. The summed E-state index contributed by atoms with van der Waals surface area (Å²) in [6.45, 7) is 2.56. The van der Waals surface area contributed by atoms with Gasteiger partial charge in [-0.1, -0.05) is 16.8 Å². The Hall–Kier alpha value is -4.87. The van der Waals surface area contributed by atoms with Crippen LogP contribution >= 0.6 is 34.7 Å². The summed E-state index contributed by atoms with van der Waals surface area (Å²) in [5.41, 5.74) is 4.72. The first-order valence-corrected chi connectivity index (χ1v) is 15.6. The number of nitrogens with two attached hydrogens (primary N) is 1. The van der Waals surface area contributed by atoms with Crippen LogP contribution in [0.25, 0.3) is 11.1 Å². The van der Waals surface area contributed by atoms with Crippen molar-refractivity contribution in [2.24, 2.45) is 5.16 Å². The SMILES string of the molecule is CC(C)(O/N=C(\C(=O)N[C@@H]1C(=O)N2C(C(=O)O)=C(C[n+]3cccc(-c4ccc(O)c(O)c4Cl)c3)CS[C@H]12)c1csc(N)n1)C(=O)O. The van der Waals surface area contributed by atoms with Crippen LogP contribution in [0.3, 0.4) is 0 Å². The molecule has 0 radical (unpaired) electrons. The molecule has 0 unspecified atom stereocenters. The van der Waals surface area contributed by atoms with Crippen molar-refractivity contribution in [2.75, 3.05) is 11.5 Å². The van der Waals surface area contributed by atoms with E-state index in [1.165, 1.54) is 43.1 Å². The maximum atomic E-state index is 13.3. The summed E-state index contributed by atoms with van der Waals surface area (Å²) in [6.07, 6.45) is 3.38. The molecule has 2 aromatic heterocycles. The number of amides is 2. The molecule has 0 bridgehead atoms. The van der Waals surface area contributed by atoms with Gasteiger partial charge in [-0.3, -0.25) is 14.5 Å². The molecule has 3 aromatic rings. The number of aliphatic carboxylic acids is 2. The average Bonchev–Trinajstić information content (AvgIpc) is 3.44. The third-order valence-electron chi connectivity index (χ3n) is 7.03. The van der Waals surface area contributed by atoms with Crippen LogP contribution in [0.1, 0.15) is 19.5 Å². The molecule has 46 heavy (non-hydrogen) atoms. The van der Waals surface area contributed by atoms with E-state index in [-0.39, 0.29) is 39.6 Å². The van der Waals surface area contributed by atoms with Gasteiger partial charge >= 0.3 is 11.9 Å². The topological polar surface area (TPSA) is 229 Å². The van der Waals surface area contributed by atoms with Gasteiger partial charge in [-0.2, -0.15) is 0 Å². The summed E-state index contributed by atoms with van der Waals surface area (Å²) in [6, 6.07) is 5.14. The first-order chi connectivity index (χ1) is 21.7. The lowest BCUT2D eigenvalue weighted by Gasteiger charge is -2.49. The number of fused-ring (bicyclic) bond motifs is 1. The van der Waals surface area contributed by atoms with Crippen LogP contribution in [0, 0.1) is 0 Å². The molecule has 18 heteroatoms. The van der Waals surface area contributed by atoms with Crippen LogP contribution in [0.4, 0.5) is 5.13 Å². The Balaban J connectivity index is 1.37. The number of hydrogen-bond acceptors (Lipinski definition) is 12. The van der Waals surface area contributed by atoms with Crippen LogP contribution in [0.5, 0.6) is 11.5 Å². The number of hydrogen-bond donors (Lipinski definition) is 6. The highest BCUT2D eigenvalue weighted by molar-refractivity contribution is 8.00. The number of oxime groups is 1. The predicted molar refractivity (Wildman–Crippen MR) is 166 cm³/mol. The van der Waals surface area contributed by atoms with Crippen molar-refractivity contribution in [2.45, 2.75) is 37.4 Å². The van der Waals surface area contributed by atoms with Gasteiger partial charge in [-0.05, 0) is 32.0 Å². The normalized spacial score (nSPS) is 18.1. The van der Waals surface area contributed by atoms with E-state index in [2.05, 4.69) is 15.5 Å². The van der Waals surface area contributed by atoms with E-state index in [9.17, 15) is 39.6 Å². The standard InChI is InChI=1S/C28H25ClN6O9S2/c1-28(2,26(42)43)44-33-18(15-11-46-27(30)31-15)22(38)32-19-23(39)35-20(25(40)41)13(10-45-24(19)35)9-34-7-3-4-12(8-34)14-5-6-16(36)21(37)17(14)29/h3-8,11,19,24H,9-10H2,1-2H3,(H6-,30,31,32,33,36,37,38,40,41,42,43)/p+1/t19-,24-/m1/s1. The number of halogens is 1. The zero-order valence-electron chi connectivity index (χ0n) is 24.0. The summed E-state index contributed by atoms with van der Waals surface area (Å²) in [4.78, 5) is 60.7. The number of pyridine rings is 1. The fraction of sp³-hybridized carbons (Fsp3) is 0.250. The summed E-state index contributed by atoms with van der Waals surface area (Å²) >= 11 is 8.48. The summed E-state index contributed by atoms with van der Waals surface area (Å²) in [5, 5.41) is 46.2. The molecule has 2 aliphatic rings. The van der Waals surface area contributed by atoms with Gasteiger partial charge in [0.05, 0.1) is 5.02 Å². The number of nitrogens with zero attached hydrogens (tertiary/aromatic N) is 4. The number of carbonyl (C=O) groups excluding carboxylic acids is 2. The summed E-state index contributed by atoms with van der Waals surface area (Å²) < 4.78 is 1.69. The zero-order valence-corrected chi connectivity index (χ0v) is 26.4. The summed E-state index contributed by atoms with van der Waals surface area (Å²) in [7, 11) is 0. The molecule has 1 fully saturated rings. The van der Waals surface area contributed by atoms with Crippen molar-refractivity contribution in [3.05, 3.63) is 64.0 Å². The van der Waals surface area contributed by atoms with Crippen LogP contribution in [0.15, 0.2) is 58.5 Å². The van der Waals surface area contributed by atoms with E-state index in [0.29, 0.717) is 16.7 Å². The van der Waals surface area contributed by atoms with Crippen LogP contribution < -0.4 is 15.6 Å². The molecular weight excluding hydrogens is 664 g/mol. The van der Waals surface area contributed by atoms with Crippen LogP contribution in [-0.4, -0.2) is 82.5 Å². The lowest BCUT2D eigenvalue weighted by Crippen LogP contribution is -2.71. The Morgan fingerprint density at radius 2 is 2.00 bits per heavy atom. The number of aromatic nitrogens is 2. The second-order valence-corrected chi connectivity index (χ2v) is 13.0. The number of phenols is 2. The number of phenolic OH excluding ortho intramolecular Hbond substituents is 2. The Morgan fingerprint density at radius 1 is 1.26 bits per heavy atom. The number of carboxylic acid groups (broad SMARTS) is 2. The molecule has 4 heterocycles. The van der Waals surface area contributed by atoms with Gasteiger partial charge in [-0.25, -0.2) is 19.1 Å². The molecule has 1 aromatic carbocycles. The molecular formula is C28H26ClN6O9S2+. The number of nitrogens with one attached hydrogen (secondary N) is 1. The van der Waals surface area contributed by atoms with Crippen molar-refractivity contribution < 1.29 is 49.0 Å². The summed E-state index contributed by atoms with van der Waals surface area (Å²) in [5.74, 6) is -4.87. The fourth-order valence-corrected chi connectivity index (χ4v) is 6.74. The number of anilines is 1. The van der Waals surface area contributed by atoms with E-state index in [0.717, 1.165) is 16.2 Å². The number of rotatable bonds is 10. The van der Waals surface area contributed by atoms with Gasteiger partial charge in [0, 0.05) is 33.9 Å². The smallest absolute Gasteiger partial charge is 0.352 e. The molecule has 0 spiro atoms. The highest BCUT2D eigenvalue weighted by Crippen LogP contribution is 2.41. The molecule has 0 aliphatic carbocycles.